The molecule has 0 aromatic heterocycles. The summed E-state index contributed by atoms with van der Waals surface area (Å²) in [6.45, 7) is 0.654. The van der Waals surface area contributed by atoms with Crippen molar-refractivity contribution in [3.8, 4) is 11.5 Å². The smallest absolute Gasteiger partial charge is 0.161 e. The molecule has 0 spiro atoms. The topological polar surface area (TPSA) is 35.5 Å². The van der Waals surface area contributed by atoms with E-state index in [1.807, 2.05) is 0 Å². The lowest BCUT2D eigenvalue weighted by Crippen LogP contribution is -2.00. The molecule has 0 aliphatic heterocycles. The zero-order valence-corrected chi connectivity index (χ0v) is 12.2. The molecule has 0 amide bonds. The van der Waals surface area contributed by atoms with E-state index in [1.54, 1.807) is 25.3 Å². The molecule has 1 aromatic rings. The molecule has 18 heavy (non-hydrogen) atoms. The summed E-state index contributed by atoms with van der Waals surface area (Å²) in [5.41, 5.74) is 0.602. The molecule has 1 aromatic carbocycles. The van der Waals surface area contributed by atoms with Crippen LogP contribution >= 0.6 is 15.9 Å². The van der Waals surface area contributed by atoms with Crippen molar-refractivity contribution >= 4 is 22.2 Å². The fraction of sp³-hybridized carbons (Fsp3) is 0.500. The lowest BCUT2D eigenvalue weighted by molar-refractivity contribution is 0.112. The van der Waals surface area contributed by atoms with Crippen LogP contribution in [0.1, 0.15) is 36.0 Å². The van der Waals surface area contributed by atoms with E-state index >= 15 is 0 Å². The standard InChI is InChI=1S/C14H19BrO3/c1-17-13-7-6-12(11-16)10-14(13)18-9-5-3-2-4-8-15/h6-7,10-11H,2-5,8-9H2,1H3. The van der Waals surface area contributed by atoms with Gasteiger partial charge in [0, 0.05) is 10.9 Å². The van der Waals surface area contributed by atoms with Gasteiger partial charge in [0.15, 0.2) is 11.5 Å². The number of carbonyl (C=O) groups excluding carboxylic acids is 1. The number of hydrogen-bond donors (Lipinski definition) is 0. The van der Waals surface area contributed by atoms with E-state index in [9.17, 15) is 4.79 Å². The Hall–Kier alpha value is -1.03. The molecule has 3 nitrogen and oxygen atoms in total. The van der Waals surface area contributed by atoms with Crippen molar-refractivity contribution < 1.29 is 14.3 Å². The van der Waals surface area contributed by atoms with E-state index in [4.69, 9.17) is 9.47 Å². The number of aldehydes is 1. The Morgan fingerprint density at radius 1 is 1.17 bits per heavy atom. The van der Waals surface area contributed by atoms with Crippen molar-refractivity contribution in [2.45, 2.75) is 25.7 Å². The molecular formula is C14H19BrO3. The molecule has 4 heteroatoms. The molecule has 0 radical (unpaired) electrons. The summed E-state index contributed by atoms with van der Waals surface area (Å²) in [6, 6.07) is 5.18. The minimum absolute atomic E-state index is 0.602. The molecule has 0 aliphatic rings. The lowest BCUT2D eigenvalue weighted by Gasteiger charge is -2.10. The van der Waals surface area contributed by atoms with Crippen LogP contribution in [0.2, 0.25) is 0 Å². The number of carbonyl (C=O) groups is 1. The average Bonchev–Trinajstić information content (AvgIpc) is 2.42. The Kier molecular flexibility index (Phi) is 7.49. The van der Waals surface area contributed by atoms with Crippen LogP contribution in [0.3, 0.4) is 0 Å². The highest BCUT2D eigenvalue weighted by Gasteiger charge is 2.05. The Morgan fingerprint density at radius 3 is 2.61 bits per heavy atom. The maximum absolute atomic E-state index is 10.7. The minimum atomic E-state index is 0.602. The quantitative estimate of drug-likeness (QED) is 0.394. The number of benzene rings is 1. The monoisotopic (exact) mass is 314 g/mol. The molecule has 0 fully saturated rings. The largest absolute Gasteiger partial charge is 0.493 e. The third-order valence-electron chi connectivity index (χ3n) is 2.61. The maximum atomic E-state index is 10.7. The van der Waals surface area contributed by atoms with Gasteiger partial charge in [0.05, 0.1) is 13.7 Å². The van der Waals surface area contributed by atoms with Crippen LogP contribution in [-0.4, -0.2) is 25.3 Å². The average molecular weight is 315 g/mol. The fourth-order valence-electron chi connectivity index (χ4n) is 1.61. The molecule has 0 heterocycles. The van der Waals surface area contributed by atoms with Crippen molar-refractivity contribution in [3.63, 3.8) is 0 Å². The van der Waals surface area contributed by atoms with Gasteiger partial charge in [0.25, 0.3) is 0 Å². The Balaban J connectivity index is 2.42. The van der Waals surface area contributed by atoms with Gasteiger partial charge in [0.2, 0.25) is 0 Å². The Labute approximate surface area is 117 Å². The van der Waals surface area contributed by atoms with E-state index in [1.165, 1.54) is 12.8 Å². The molecule has 0 N–H and O–H groups in total. The van der Waals surface area contributed by atoms with Gasteiger partial charge in [-0.25, -0.2) is 0 Å². The van der Waals surface area contributed by atoms with Crippen LogP contribution < -0.4 is 9.47 Å². The van der Waals surface area contributed by atoms with E-state index in [-0.39, 0.29) is 0 Å². The number of unbranched alkanes of at least 4 members (excludes halogenated alkanes) is 3. The van der Waals surface area contributed by atoms with Crippen molar-refractivity contribution in [1.29, 1.82) is 0 Å². The summed E-state index contributed by atoms with van der Waals surface area (Å²) < 4.78 is 10.8. The van der Waals surface area contributed by atoms with Crippen LogP contribution in [0, 0.1) is 0 Å². The summed E-state index contributed by atoms with van der Waals surface area (Å²) in [7, 11) is 1.60. The van der Waals surface area contributed by atoms with Crippen LogP contribution in [0.5, 0.6) is 11.5 Å². The fourth-order valence-corrected chi connectivity index (χ4v) is 2.01. The normalized spacial score (nSPS) is 10.1. The van der Waals surface area contributed by atoms with Gasteiger partial charge in [-0.05, 0) is 31.0 Å². The first kappa shape index (κ1) is 15.0. The van der Waals surface area contributed by atoms with Crippen molar-refractivity contribution in [2.75, 3.05) is 19.0 Å². The highest BCUT2D eigenvalue weighted by molar-refractivity contribution is 9.09. The predicted molar refractivity (Wildman–Crippen MR) is 76.1 cm³/mol. The Morgan fingerprint density at radius 2 is 1.94 bits per heavy atom. The first-order chi connectivity index (χ1) is 8.81. The number of ether oxygens (including phenoxy) is 2. The van der Waals surface area contributed by atoms with Crippen molar-refractivity contribution in [1.82, 2.24) is 0 Å². The van der Waals surface area contributed by atoms with E-state index in [2.05, 4.69) is 15.9 Å². The summed E-state index contributed by atoms with van der Waals surface area (Å²) in [4.78, 5) is 10.7. The van der Waals surface area contributed by atoms with Crippen LogP contribution in [0.25, 0.3) is 0 Å². The van der Waals surface area contributed by atoms with Gasteiger partial charge in [-0.15, -0.1) is 0 Å². The molecule has 0 atom stereocenters. The van der Waals surface area contributed by atoms with Gasteiger partial charge < -0.3 is 9.47 Å². The maximum Gasteiger partial charge on any atom is 0.161 e. The highest BCUT2D eigenvalue weighted by atomic mass is 79.9. The zero-order valence-electron chi connectivity index (χ0n) is 10.7. The summed E-state index contributed by atoms with van der Waals surface area (Å²) >= 11 is 3.41. The zero-order chi connectivity index (χ0) is 13.2. The number of methoxy groups -OCH3 is 1. The second-order valence-electron chi connectivity index (χ2n) is 3.98. The molecule has 0 unspecified atom stereocenters. The van der Waals surface area contributed by atoms with E-state index < -0.39 is 0 Å². The molecule has 0 saturated carbocycles. The van der Waals surface area contributed by atoms with Gasteiger partial charge in [-0.3, -0.25) is 4.79 Å². The second-order valence-corrected chi connectivity index (χ2v) is 4.77. The van der Waals surface area contributed by atoms with Crippen LogP contribution in [-0.2, 0) is 0 Å². The number of alkyl halides is 1. The van der Waals surface area contributed by atoms with Gasteiger partial charge in [-0.1, -0.05) is 28.8 Å². The molecule has 0 bridgehead atoms. The molecule has 0 saturated heterocycles. The minimum Gasteiger partial charge on any atom is -0.493 e. The lowest BCUT2D eigenvalue weighted by atomic mass is 10.2. The molecule has 1 rings (SSSR count). The summed E-state index contributed by atoms with van der Waals surface area (Å²) in [6.07, 6.45) is 5.38. The van der Waals surface area contributed by atoms with Gasteiger partial charge in [0.1, 0.15) is 6.29 Å². The number of halogens is 1. The van der Waals surface area contributed by atoms with E-state index in [0.717, 1.165) is 24.5 Å². The van der Waals surface area contributed by atoms with Crippen molar-refractivity contribution in [2.24, 2.45) is 0 Å². The first-order valence-corrected chi connectivity index (χ1v) is 7.26. The molecule has 100 valence electrons. The van der Waals surface area contributed by atoms with Gasteiger partial charge in [-0.2, -0.15) is 0 Å². The van der Waals surface area contributed by atoms with E-state index in [0.29, 0.717) is 23.7 Å². The summed E-state index contributed by atoms with van der Waals surface area (Å²) in [5.74, 6) is 1.31. The third-order valence-corrected chi connectivity index (χ3v) is 3.17. The van der Waals surface area contributed by atoms with Gasteiger partial charge >= 0.3 is 0 Å². The SMILES string of the molecule is COc1ccc(C=O)cc1OCCCCCCBr. The van der Waals surface area contributed by atoms with Crippen LogP contribution in [0.15, 0.2) is 18.2 Å². The summed E-state index contributed by atoms with van der Waals surface area (Å²) in [5, 5.41) is 1.06. The number of hydrogen-bond acceptors (Lipinski definition) is 3. The van der Waals surface area contributed by atoms with Crippen LogP contribution in [0.4, 0.5) is 0 Å². The van der Waals surface area contributed by atoms with Crippen molar-refractivity contribution in [3.05, 3.63) is 23.8 Å². The molecular weight excluding hydrogens is 296 g/mol. The number of rotatable bonds is 9. The first-order valence-electron chi connectivity index (χ1n) is 6.13. The predicted octanol–water partition coefficient (Wildman–Crippen LogP) is 3.84. The third kappa shape index (κ3) is 5.08. The molecule has 0 aliphatic carbocycles. The Bertz CT molecular complexity index is 366. The highest BCUT2D eigenvalue weighted by Crippen LogP contribution is 2.27. The second kappa shape index (κ2) is 8.97.